The molecule has 114 valence electrons. The van der Waals surface area contributed by atoms with Crippen LogP contribution in [0.15, 0.2) is 6.33 Å². The summed E-state index contributed by atoms with van der Waals surface area (Å²) in [4.78, 5) is 4.18. The number of nitrogens with one attached hydrogen (secondary N) is 1. The molecule has 7 heteroatoms. The summed E-state index contributed by atoms with van der Waals surface area (Å²) in [5.74, 6) is 1.32. The highest BCUT2D eigenvalue weighted by Crippen LogP contribution is 2.27. The van der Waals surface area contributed by atoms with Crippen LogP contribution in [0, 0.1) is 11.8 Å². The van der Waals surface area contributed by atoms with E-state index in [0.717, 1.165) is 25.7 Å². The van der Waals surface area contributed by atoms with Crippen LogP contribution in [0.25, 0.3) is 0 Å². The smallest absolute Gasteiger partial charge is 0.212 e. The van der Waals surface area contributed by atoms with Gasteiger partial charge in [-0.25, -0.2) is 18.1 Å². The Kier molecular flexibility index (Phi) is 4.80. The molecule has 1 fully saturated rings. The SMILES string of the molecule is CC(C)C(NS(=O)(=O)CC1CCCC1)c1ncnn1C. The molecule has 1 atom stereocenters. The van der Waals surface area contributed by atoms with Gasteiger partial charge in [-0.15, -0.1) is 0 Å². The molecular weight excluding hydrogens is 276 g/mol. The molecule has 0 spiro atoms. The molecule has 0 bridgehead atoms. The monoisotopic (exact) mass is 300 g/mol. The molecule has 0 amide bonds. The van der Waals surface area contributed by atoms with Crippen LogP contribution in [0.1, 0.15) is 51.4 Å². The highest BCUT2D eigenvalue weighted by molar-refractivity contribution is 7.89. The topological polar surface area (TPSA) is 76.9 Å². The van der Waals surface area contributed by atoms with Crippen LogP contribution < -0.4 is 4.72 Å². The molecule has 1 aliphatic carbocycles. The van der Waals surface area contributed by atoms with Crippen molar-refractivity contribution >= 4 is 10.0 Å². The van der Waals surface area contributed by atoms with E-state index in [1.165, 1.54) is 6.33 Å². The Morgan fingerprint density at radius 3 is 2.55 bits per heavy atom. The molecule has 2 rings (SSSR count). The van der Waals surface area contributed by atoms with Crippen molar-refractivity contribution in [2.75, 3.05) is 5.75 Å². The summed E-state index contributed by atoms with van der Waals surface area (Å²) >= 11 is 0. The lowest BCUT2D eigenvalue weighted by atomic mass is 10.1. The molecule has 1 aromatic rings. The minimum absolute atomic E-state index is 0.122. The molecule has 1 aliphatic rings. The first-order valence-electron chi connectivity index (χ1n) is 7.23. The number of sulfonamides is 1. The predicted octanol–water partition coefficient (Wildman–Crippen LogP) is 1.62. The van der Waals surface area contributed by atoms with E-state index in [0.29, 0.717) is 11.7 Å². The van der Waals surface area contributed by atoms with E-state index >= 15 is 0 Å². The number of aromatic nitrogens is 3. The van der Waals surface area contributed by atoms with E-state index in [9.17, 15) is 8.42 Å². The third-order valence-electron chi connectivity index (χ3n) is 3.93. The normalized spacial score (nSPS) is 18.8. The molecular formula is C13H24N4O2S. The summed E-state index contributed by atoms with van der Waals surface area (Å²) in [5.41, 5.74) is 0. The van der Waals surface area contributed by atoms with E-state index in [4.69, 9.17) is 0 Å². The Hall–Kier alpha value is -0.950. The predicted molar refractivity (Wildman–Crippen MR) is 77.5 cm³/mol. The first kappa shape index (κ1) is 15.4. The highest BCUT2D eigenvalue weighted by Gasteiger charge is 2.28. The molecule has 0 saturated heterocycles. The Morgan fingerprint density at radius 2 is 2.05 bits per heavy atom. The van der Waals surface area contributed by atoms with Crippen molar-refractivity contribution in [3.05, 3.63) is 12.2 Å². The molecule has 1 heterocycles. The summed E-state index contributed by atoms with van der Waals surface area (Å²) in [5, 5.41) is 4.02. The van der Waals surface area contributed by atoms with Crippen LogP contribution in [0.4, 0.5) is 0 Å². The minimum atomic E-state index is -3.28. The number of aryl methyl sites for hydroxylation is 1. The summed E-state index contributed by atoms with van der Waals surface area (Å²) in [6, 6.07) is -0.325. The van der Waals surface area contributed by atoms with Gasteiger partial charge in [-0.2, -0.15) is 5.10 Å². The van der Waals surface area contributed by atoms with E-state index in [2.05, 4.69) is 14.8 Å². The summed E-state index contributed by atoms with van der Waals surface area (Å²) in [6.45, 7) is 3.97. The average Bonchev–Trinajstić information content (AvgIpc) is 2.97. The fraction of sp³-hybridized carbons (Fsp3) is 0.846. The average molecular weight is 300 g/mol. The molecule has 0 aromatic carbocycles. The molecule has 0 radical (unpaired) electrons. The molecule has 6 nitrogen and oxygen atoms in total. The second-order valence-electron chi connectivity index (χ2n) is 6.01. The lowest BCUT2D eigenvalue weighted by molar-refractivity contribution is 0.426. The molecule has 1 unspecified atom stereocenters. The van der Waals surface area contributed by atoms with E-state index < -0.39 is 10.0 Å². The first-order valence-corrected chi connectivity index (χ1v) is 8.88. The Balaban J connectivity index is 2.09. The van der Waals surface area contributed by atoms with Crippen molar-refractivity contribution in [2.45, 2.75) is 45.6 Å². The van der Waals surface area contributed by atoms with Crippen LogP contribution in [-0.4, -0.2) is 28.9 Å². The number of nitrogens with zero attached hydrogens (tertiary/aromatic N) is 3. The van der Waals surface area contributed by atoms with Crippen LogP contribution >= 0.6 is 0 Å². The lowest BCUT2D eigenvalue weighted by Gasteiger charge is -2.22. The second kappa shape index (κ2) is 6.22. The van der Waals surface area contributed by atoms with Gasteiger partial charge in [-0.1, -0.05) is 26.7 Å². The second-order valence-corrected chi connectivity index (χ2v) is 7.81. The van der Waals surface area contributed by atoms with Gasteiger partial charge in [0, 0.05) is 7.05 Å². The maximum Gasteiger partial charge on any atom is 0.212 e. The third-order valence-corrected chi connectivity index (χ3v) is 5.45. The third kappa shape index (κ3) is 3.79. The molecule has 1 N–H and O–H groups in total. The zero-order chi connectivity index (χ0) is 14.8. The maximum atomic E-state index is 12.3. The van der Waals surface area contributed by atoms with Crippen LogP contribution in [0.2, 0.25) is 0 Å². The summed E-state index contributed by atoms with van der Waals surface area (Å²) in [7, 11) is -1.50. The number of hydrogen-bond acceptors (Lipinski definition) is 4. The van der Waals surface area contributed by atoms with Gasteiger partial charge in [0.05, 0.1) is 11.8 Å². The quantitative estimate of drug-likeness (QED) is 0.866. The highest BCUT2D eigenvalue weighted by atomic mass is 32.2. The van der Waals surface area contributed by atoms with Gasteiger partial charge in [0.1, 0.15) is 12.2 Å². The maximum absolute atomic E-state index is 12.3. The van der Waals surface area contributed by atoms with Gasteiger partial charge in [0.2, 0.25) is 10.0 Å². The lowest BCUT2D eigenvalue weighted by Crippen LogP contribution is -2.36. The van der Waals surface area contributed by atoms with Crippen LogP contribution in [0.3, 0.4) is 0 Å². The minimum Gasteiger partial charge on any atom is -0.252 e. The van der Waals surface area contributed by atoms with Crippen molar-refractivity contribution in [3.8, 4) is 0 Å². The largest absolute Gasteiger partial charge is 0.252 e. The fourth-order valence-corrected chi connectivity index (χ4v) is 4.62. The molecule has 0 aliphatic heterocycles. The van der Waals surface area contributed by atoms with E-state index in [-0.39, 0.29) is 17.7 Å². The standard InChI is InChI=1S/C13H24N4O2S/c1-10(2)12(13-14-9-15-17(13)3)16-20(18,19)8-11-6-4-5-7-11/h9-12,16H,4-8H2,1-3H3. The van der Waals surface area contributed by atoms with Crippen LogP contribution in [-0.2, 0) is 17.1 Å². The van der Waals surface area contributed by atoms with Crippen molar-refractivity contribution in [3.63, 3.8) is 0 Å². The van der Waals surface area contributed by atoms with Gasteiger partial charge in [-0.3, -0.25) is 4.68 Å². The van der Waals surface area contributed by atoms with Gasteiger partial charge < -0.3 is 0 Å². The molecule has 20 heavy (non-hydrogen) atoms. The van der Waals surface area contributed by atoms with Crippen molar-refractivity contribution in [2.24, 2.45) is 18.9 Å². The van der Waals surface area contributed by atoms with Crippen molar-refractivity contribution in [1.82, 2.24) is 19.5 Å². The van der Waals surface area contributed by atoms with Gasteiger partial charge >= 0.3 is 0 Å². The summed E-state index contributed by atoms with van der Waals surface area (Å²) < 4.78 is 29.1. The van der Waals surface area contributed by atoms with Gasteiger partial charge in [-0.05, 0) is 24.7 Å². The van der Waals surface area contributed by atoms with Crippen molar-refractivity contribution in [1.29, 1.82) is 0 Å². The van der Waals surface area contributed by atoms with Gasteiger partial charge in [0.25, 0.3) is 0 Å². The van der Waals surface area contributed by atoms with Gasteiger partial charge in [0.15, 0.2) is 0 Å². The summed E-state index contributed by atoms with van der Waals surface area (Å²) in [6.07, 6.45) is 5.80. The van der Waals surface area contributed by atoms with E-state index in [1.807, 2.05) is 13.8 Å². The number of rotatable bonds is 6. The zero-order valence-electron chi connectivity index (χ0n) is 12.4. The number of hydrogen-bond donors (Lipinski definition) is 1. The Bertz CT molecular complexity index is 532. The first-order chi connectivity index (χ1) is 9.39. The van der Waals surface area contributed by atoms with Crippen LogP contribution in [0.5, 0.6) is 0 Å². The zero-order valence-corrected chi connectivity index (χ0v) is 13.2. The fourth-order valence-electron chi connectivity index (χ4n) is 2.80. The Morgan fingerprint density at radius 1 is 1.40 bits per heavy atom. The van der Waals surface area contributed by atoms with E-state index in [1.54, 1.807) is 11.7 Å². The Labute approximate surface area is 121 Å². The van der Waals surface area contributed by atoms with Crippen molar-refractivity contribution < 1.29 is 8.42 Å². The molecule has 1 aromatic heterocycles. The molecule has 1 saturated carbocycles.